The quantitative estimate of drug-likeness (QED) is 0.787. The zero-order valence-corrected chi connectivity index (χ0v) is 13.6. The van der Waals surface area contributed by atoms with E-state index in [1.54, 1.807) is 0 Å². The fourth-order valence-electron chi connectivity index (χ4n) is 2.06. The summed E-state index contributed by atoms with van der Waals surface area (Å²) >= 11 is 7.18. The number of rotatable bonds is 4. The van der Waals surface area contributed by atoms with Crippen LogP contribution in [0.1, 0.15) is 24.8 Å². The topological polar surface area (TPSA) is 21.3 Å². The van der Waals surface area contributed by atoms with Gasteiger partial charge >= 0.3 is 0 Å². The van der Waals surface area contributed by atoms with Crippen molar-refractivity contribution < 1.29 is 4.74 Å². The maximum atomic E-state index is 6.05. The maximum Gasteiger partial charge on any atom is 0.148 e. The Kier molecular flexibility index (Phi) is 5.27. The average Bonchev–Trinajstić information content (AvgIpc) is 2.36. The van der Waals surface area contributed by atoms with Crippen LogP contribution in [-0.4, -0.2) is 13.2 Å². The van der Waals surface area contributed by atoms with Crippen molar-refractivity contribution in [3.63, 3.8) is 0 Å². The minimum atomic E-state index is 0.196. The van der Waals surface area contributed by atoms with Crippen LogP contribution in [0.3, 0.4) is 0 Å². The van der Waals surface area contributed by atoms with Crippen LogP contribution in [0.2, 0.25) is 0 Å². The van der Waals surface area contributed by atoms with Gasteiger partial charge in [0.1, 0.15) is 11.9 Å². The van der Waals surface area contributed by atoms with Gasteiger partial charge in [-0.2, -0.15) is 0 Å². The molecule has 1 atom stereocenters. The molecule has 0 saturated carbocycles. The number of allylic oxidation sites excluding steroid dienone is 1. The number of hydrogen-bond acceptors (Lipinski definition) is 2. The summed E-state index contributed by atoms with van der Waals surface area (Å²) in [6, 6.07) is 4.20. The van der Waals surface area contributed by atoms with E-state index >= 15 is 0 Å². The van der Waals surface area contributed by atoms with Gasteiger partial charge in [-0.15, -0.1) is 0 Å². The highest BCUT2D eigenvalue weighted by Gasteiger charge is 2.15. The first-order valence-corrected chi connectivity index (χ1v) is 7.75. The molecule has 18 heavy (non-hydrogen) atoms. The van der Waals surface area contributed by atoms with Crippen LogP contribution in [0.5, 0.6) is 5.75 Å². The van der Waals surface area contributed by atoms with Crippen LogP contribution in [0.15, 0.2) is 33.2 Å². The molecule has 2 nitrogen and oxygen atoms in total. The van der Waals surface area contributed by atoms with Crippen molar-refractivity contribution in [1.82, 2.24) is 5.32 Å². The molecule has 1 aromatic rings. The predicted molar refractivity (Wildman–Crippen MR) is 82.0 cm³/mol. The summed E-state index contributed by atoms with van der Waals surface area (Å²) in [4.78, 5) is 0. The predicted octanol–water partition coefficient (Wildman–Crippen LogP) is 4.42. The highest BCUT2D eigenvalue weighted by atomic mass is 79.9. The summed E-state index contributed by atoms with van der Waals surface area (Å²) in [6.45, 7) is 0.848. The molecule has 1 aliphatic carbocycles. The lowest BCUT2D eigenvalue weighted by atomic mass is 10.1. The number of halogens is 2. The molecule has 0 bridgehead atoms. The second kappa shape index (κ2) is 6.73. The van der Waals surface area contributed by atoms with E-state index in [-0.39, 0.29) is 6.10 Å². The Morgan fingerprint density at radius 1 is 1.33 bits per heavy atom. The zero-order valence-electron chi connectivity index (χ0n) is 10.4. The van der Waals surface area contributed by atoms with E-state index in [4.69, 9.17) is 4.74 Å². The molecule has 98 valence electrons. The van der Waals surface area contributed by atoms with Crippen LogP contribution in [0, 0.1) is 0 Å². The normalized spacial score (nSPS) is 18.9. The average molecular weight is 375 g/mol. The first-order chi connectivity index (χ1) is 8.70. The third-order valence-corrected chi connectivity index (χ3v) is 4.10. The fraction of sp³-hybridized carbons (Fsp3) is 0.429. The first kappa shape index (κ1) is 14.1. The second-order valence-corrected chi connectivity index (χ2v) is 6.14. The van der Waals surface area contributed by atoms with Crippen LogP contribution < -0.4 is 10.1 Å². The van der Waals surface area contributed by atoms with Gasteiger partial charge in [0, 0.05) is 6.54 Å². The summed E-state index contributed by atoms with van der Waals surface area (Å²) in [5, 5.41) is 3.15. The summed E-state index contributed by atoms with van der Waals surface area (Å²) in [5.74, 6) is 0.895. The van der Waals surface area contributed by atoms with Gasteiger partial charge < -0.3 is 10.1 Å². The standard InChI is InChI=1S/C14H17Br2NO/c1-17-9-10-7-12(15)14(13(16)8-10)18-11-5-3-2-4-6-11/h3,5,7-8,11,17H,2,4,6,9H2,1H3. The molecule has 1 unspecified atom stereocenters. The highest BCUT2D eigenvalue weighted by molar-refractivity contribution is 9.11. The van der Waals surface area contributed by atoms with Crippen molar-refractivity contribution in [3.8, 4) is 5.75 Å². The largest absolute Gasteiger partial charge is 0.484 e. The molecule has 0 heterocycles. The van der Waals surface area contributed by atoms with E-state index in [1.165, 1.54) is 18.4 Å². The van der Waals surface area contributed by atoms with Gasteiger partial charge in [-0.25, -0.2) is 0 Å². The third-order valence-electron chi connectivity index (χ3n) is 2.92. The van der Waals surface area contributed by atoms with Gasteiger partial charge in [0.05, 0.1) is 8.95 Å². The molecule has 4 heteroatoms. The smallest absolute Gasteiger partial charge is 0.148 e. The lowest BCUT2D eigenvalue weighted by Crippen LogP contribution is -2.16. The van der Waals surface area contributed by atoms with E-state index in [2.05, 4.69) is 61.5 Å². The lowest BCUT2D eigenvalue weighted by Gasteiger charge is -2.20. The fourth-order valence-corrected chi connectivity index (χ4v) is 3.53. The molecule has 1 aliphatic rings. The Bertz CT molecular complexity index is 422. The van der Waals surface area contributed by atoms with Gasteiger partial charge in [0.25, 0.3) is 0 Å². The van der Waals surface area contributed by atoms with Gasteiger partial charge in [-0.05, 0) is 81.9 Å². The molecule has 0 amide bonds. The molecule has 0 aromatic heterocycles. The van der Waals surface area contributed by atoms with Crippen molar-refractivity contribution >= 4 is 31.9 Å². The Morgan fingerprint density at radius 2 is 2.06 bits per heavy atom. The van der Waals surface area contributed by atoms with Crippen LogP contribution in [-0.2, 0) is 6.54 Å². The minimum absolute atomic E-state index is 0.196. The zero-order chi connectivity index (χ0) is 13.0. The van der Waals surface area contributed by atoms with Crippen molar-refractivity contribution in [2.24, 2.45) is 0 Å². The first-order valence-electron chi connectivity index (χ1n) is 6.16. The van der Waals surface area contributed by atoms with Crippen LogP contribution >= 0.6 is 31.9 Å². The molecule has 2 rings (SSSR count). The molecule has 0 spiro atoms. The van der Waals surface area contributed by atoms with Gasteiger partial charge in [0.2, 0.25) is 0 Å². The van der Waals surface area contributed by atoms with Gasteiger partial charge in [0.15, 0.2) is 0 Å². The molecule has 0 radical (unpaired) electrons. The van der Waals surface area contributed by atoms with Crippen LogP contribution in [0.4, 0.5) is 0 Å². The summed E-state index contributed by atoms with van der Waals surface area (Å²) in [7, 11) is 1.94. The van der Waals surface area contributed by atoms with Crippen LogP contribution in [0.25, 0.3) is 0 Å². The Morgan fingerprint density at radius 3 is 2.61 bits per heavy atom. The number of benzene rings is 1. The van der Waals surface area contributed by atoms with Crippen molar-refractivity contribution in [2.75, 3.05) is 7.05 Å². The molecule has 0 saturated heterocycles. The molecular formula is C14H17Br2NO. The van der Waals surface area contributed by atoms with E-state index < -0.39 is 0 Å². The number of hydrogen-bond donors (Lipinski definition) is 1. The molecule has 1 aromatic carbocycles. The Hall–Kier alpha value is -0.320. The minimum Gasteiger partial charge on any atom is -0.484 e. The number of ether oxygens (including phenoxy) is 1. The third kappa shape index (κ3) is 3.59. The summed E-state index contributed by atoms with van der Waals surface area (Å²) < 4.78 is 8.05. The molecule has 0 fully saturated rings. The monoisotopic (exact) mass is 373 g/mol. The molecular weight excluding hydrogens is 358 g/mol. The van der Waals surface area contributed by atoms with E-state index in [0.29, 0.717) is 0 Å². The Balaban J connectivity index is 2.17. The second-order valence-electron chi connectivity index (χ2n) is 4.43. The van der Waals surface area contributed by atoms with E-state index in [9.17, 15) is 0 Å². The highest BCUT2D eigenvalue weighted by Crippen LogP contribution is 2.36. The Labute approximate surface area is 125 Å². The SMILES string of the molecule is CNCc1cc(Br)c(OC2C=CCCC2)c(Br)c1. The molecule has 0 aliphatic heterocycles. The summed E-state index contributed by atoms with van der Waals surface area (Å²) in [6.07, 6.45) is 8.02. The van der Waals surface area contributed by atoms with Gasteiger partial charge in [-0.1, -0.05) is 6.08 Å². The summed E-state index contributed by atoms with van der Waals surface area (Å²) in [5.41, 5.74) is 1.22. The van der Waals surface area contributed by atoms with Crippen molar-refractivity contribution in [3.05, 3.63) is 38.8 Å². The van der Waals surface area contributed by atoms with E-state index in [0.717, 1.165) is 27.7 Å². The lowest BCUT2D eigenvalue weighted by molar-refractivity contribution is 0.227. The van der Waals surface area contributed by atoms with Crippen molar-refractivity contribution in [1.29, 1.82) is 0 Å². The number of nitrogens with one attached hydrogen (secondary N) is 1. The molecule has 1 N–H and O–H groups in total. The van der Waals surface area contributed by atoms with E-state index in [1.807, 2.05) is 7.05 Å². The van der Waals surface area contributed by atoms with Gasteiger partial charge in [-0.3, -0.25) is 0 Å². The maximum absolute atomic E-state index is 6.05. The van der Waals surface area contributed by atoms with Crippen molar-refractivity contribution in [2.45, 2.75) is 31.9 Å².